The summed E-state index contributed by atoms with van der Waals surface area (Å²) in [5.74, 6) is 1.37. The number of carbonyl (C=O) groups excluding carboxylic acids is 3. The maximum Gasteiger partial charge on any atom is 0.279 e. The van der Waals surface area contributed by atoms with Gasteiger partial charge >= 0.3 is 0 Å². The molecular weight excluding hydrogens is 1060 g/mol. The second kappa shape index (κ2) is 36.2. The van der Waals surface area contributed by atoms with Crippen LogP contribution < -0.4 is 35.4 Å². The fourth-order valence-corrected chi connectivity index (χ4v) is 9.89. The molecule has 0 aliphatic rings. The molecule has 0 saturated heterocycles. The topological polar surface area (TPSA) is 208 Å². The lowest BCUT2D eigenvalue weighted by atomic mass is 9.94. The van der Waals surface area contributed by atoms with Gasteiger partial charge in [-0.3, -0.25) is 23.8 Å². The molecule has 4 aromatic rings. The third kappa shape index (κ3) is 28.1. The number of benzene rings is 3. The summed E-state index contributed by atoms with van der Waals surface area (Å²) in [5.41, 5.74) is 6.46. The molecule has 6 N–H and O–H groups in total. The van der Waals surface area contributed by atoms with Crippen molar-refractivity contribution < 1.29 is 37.5 Å². The minimum Gasteiger partial charge on any atom is -0.496 e. The maximum absolute atomic E-state index is 13.0. The molecule has 21 heteroatoms. The van der Waals surface area contributed by atoms with E-state index in [1.54, 1.807) is 37.4 Å². The molecule has 0 spiro atoms. The summed E-state index contributed by atoms with van der Waals surface area (Å²) in [7, 11) is 0.645. The van der Waals surface area contributed by atoms with Crippen molar-refractivity contribution in [3.8, 4) is 5.75 Å². The fraction of sp³-hybridized carbons (Fsp3) is 0.589. The molecule has 0 fully saturated rings. The molecule has 77 heavy (non-hydrogen) atoms. The van der Waals surface area contributed by atoms with Gasteiger partial charge in [0.2, 0.25) is 5.91 Å². The van der Waals surface area contributed by atoms with Crippen LogP contribution in [-0.4, -0.2) is 138 Å². The van der Waals surface area contributed by atoms with E-state index in [0.717, 1.165) is 65.9 Å². The summed E-state index contributed by atoms with van der Waals surface area (Å²) < 4.78 is 42.4. The first-order valence-corrected chi connectivity index (χ1v) is 30.4. The lowest BCUT2D eigenvalue weighted by molar-refractivity contribution is -0.121. The zero-order valence-corrected chi connectivity index (χ0v) is 49.8. The minimum atomic E-state index is -1.03. The minimum absolute atomic E-state index is 0.0317. The van der Waals surface area contributed by atoms with E-state index in [9.17, 15) is 18.6 Å². The Balaban J connectivity index is 1.02. The van der Waals surface area contributed by atoms with Crippen molar-refractivity contribution in [2.75, 3.05) is 91.5 Å². The molecule has 3 amide bonds. The normalized spacial score (nSPS) is 12.6. The van der Waals surface area contributed by atoms with Gasteiger partial charge in [0.25, 0.3) is 11.1 Å². The smallest absolute Gasteiger partial charge is 0.279 e. The van der Waals surface area contributed by atoms with Crippen molar-refractivity contribution in [3.63, 3.8) is 0 Å². The molecule has 428 valence electrons. The van der Waals surface area contributed by atoms with Crippen LogP contribution in [0, 0.1) is 5.41 Å². The van der Waals surface area contributed by atoms with E-state index in [-0.39, 0.29) is 28.4 Å². The van der Waals surface area contributed by atoms with Gasteiger partial charge in [0.15, 0.2) is 0 Å². The van der Waals surface area contributed by atoms with E-state index < -0.39 is 15.7 Å². The van der Waals surface area contributed by atoms with E-state index in [4.69, 9.17) is 30.5 Å². The van der Waals surface area contributed by atoms with Crippen LogP contribution in [0.2, 0.25) is 0 Å². The van der Waals surface area contributed by atoms with Crippen molar-refractivity contribution >= 4 is 63.3 Å². The van der Waals surface area contributed by atoms with Crippen LogP contribution in [-0.2, 0) is 68.9 Å². The first-order chi connectivity index (χ1) is 36.9. The van der Waals surface area contributed by atoms with Crippen LogP contribution in [0.4, 0.5) is 4.79 Å². The van der Waals surface area contributed by atoms with Crippen molar-refractivity contribution in [2.24, 2.45) is 5.41 Å². The number of methoxy groups -OCH3 is 1. The van der Waals surface area contributed by atoms with E-state index in [0.29, 0.717) is 115 Å². The molecule has 2 unspecified atom stereocenters. The Morgan fingerprint density at radius 2 is 1.53 bits per heavy atom. The summed E-state index contributed by atoms with van der Waals surface area (Å²) in [6, 6.07) is 21.8. The number of hydrogen-bond donors (Lipinski definition) is 6. The van der Waals surface area contributed by atoms with Gasteiger partial charge in [-0.2, -0.15) is 0 Å². The second-order valence-corrected chi connectivity index (χ2v) is 25.3. The summed E-state index contributed by atoms with van der Waals surface area (Å²) in [6.07, 6.45) is 8.05. The predicted octanol–water partition coefficient (Wildman–Crippen LogP) is 7.77. The largest absolute Gasteiger partial charge is 0.496 e. The van der Waals surface area contributed by atoms with E-state index in [2.05, 4.69) is 111 Å². The zero-order chi connectivity index (χ0) is 55.9. The molecule has 0 radical (unpaired) electrons. The predicted molar refractivity (Wildman–Crippen MR) is 314 cm³/mol. The number of nitrogens with zero attached hydrogens (tertiary/aromatic N) is 3. The summed E-state index contributed by atoms with van der Waals surface area (Å²) >= 11 is 8.70. The highest BCUT2D eigenvalue weighted by atomic mass is 35.5. The van der Waals surface area contributed by atoms with Gasteiger partial charge < -0.3 is 40.2 Å². The number of ether oxygens (including phenoxy) is 4. The Kier molecular flexibility index (Phi) is 30.8. The molecule has 0 aliphatic carbocycles. The quantitative estimate of drug-likeness (QED) is 0.0143. The van der Waals surface area contributed by atoms with E-state index in [1.165, 1.54) is 17.3 Å². The van der Waals surface area contributed by atoms with E-state index >= 15 is 0 Å². The average molecular weight is 1150 g/mol. The Morgan fingerprint density at radius 1 is 0.792 bits per heavy atom. The highest BCUT2D eigenvalue weighted by molar-refractivity contribution is 8.14. The number of nitrogens with one attached hydrogen (secondary N) is 6. The van der Waals surface area contributed by atoms with Crippen LogP contribution >= 0.6 is 35.3 Å². The second-order valence-electron chi connectivity index (χ2n) is 20.6. The number of hydrogen-bond acceptors (Lipinski definition) is 14. The summed E-state index contributed by atoms with van der Waals surface area (Å²) in [5, 5.41) is 21.2. The number of aryl methyl sites for hydroxylation is 1. The lowest BCUT2D eigenvalue weighted by Gasteiger charge is -2.28. The average Bonchev–Trinajstić information content (AvgIpc) is 3.83. The van der Waals surface area contributed by atoms with E-state index in [1.807, 2.05) is 36.9 Å². The van der Waals surface area contributed by atoms with Crippen LogP contribution in [0.3, 0.4) is 0 Å². The summed E-state index contributed by atoms with van der Waals surface area (Å²) in [6.45, 7) is 19.7. The SMILES string of the molecule is COc1cc(CCCCl)ccc1CCOCCNC(=O)c1ccc(CNC(=O)SC(C)(C)COCC(C)(C)Cn2cc(COCCNCCCNC(=O)CC(CNSC(C)C)c3ccc(CCNS(C)=O)cc3)nn2)cc1. The molecular formula is C56H86ClN9O8S3. The first kappa shape index (κ1) is 65.4. The number of aromatic nitrogens is 3. The Bertz CT molecular complexity index is 2360. The molecule has 0 aliphatic heterocycles. The van der Waals surface area contributed by atoms with Gasteiger partial charge in [-0.25, -0.2) is 8.93 Å². The van der Waals surface area contributed by atoms with Crippen LogP contribution in [0.1, 0.15) is 111 Å². The molecule has 4 rings (SSSR count). The van der Waals surface area contributed by atoms with Gasteiger partial charge in [-0.1, -0.05) is 105 Å². The third-order valence-electron chi connectivity index (χ3n) is 11.9. The number of rotatable bonds is 40. The Hall–Kier alpha value is -4.09. The van der Waals surface area contributed by atoms with Crippen molar-refractivity contribution in [2.45, 2.75) is 116 Å². The van der Waals surface area contributed by atoms with Crippen LogP contribution in [0.25, 0.3) is 0 Å². The van der Waals surface area contributed by atoms with Crippen molar-refractivity contribution in [3.05, 3.63) is 112 Å². The van der Waals surface area contributed by atoms with Crippen LogP contribution in [0.15, 0.2) is 72.9 Å². The van der Waals surface area contributed by atoms with Crippen LogP contribution in [0.5, 0.6) is 5.75 Å². The van der Waals surface area contributed by atoms with Gasteiger partial charge in [0.1, 0.15) is 11.4 Å². The Labute approximate surface area is 474 Å². The number of halogens is 1. The van der Waals surface area contributed by atoms with Gasteiger partial charge in [-0.15, -0.1) is 16.7 Å². The first-order valence-electron chi connectivity index (χ1n) is 26.6. The maximum atomic E-state index is 13.0. The Morgan fingerprint density at radius 3 is 2.26 bits per heavy atom. The van der Waals surface area contributed by atoms with Crippen molar-refractivity contribution in [1.82, 2.24) is 45.7 Å². The number of alkyl halides is 1. The highest BCUT2D eigenvalue weighted by Crippen LogP contribution is 2.28. The molecule has 1 heterocycles. The molecule has 0 bridgehead atoms. The molecule has 17 nitrogen and oxygen atoms in total. The zero-order valence-electron chi connectivity index (χ0n) is 46.6. The summed E-state index contributed by atoms with van der Waals surface area (Å²) in [4.78, 5) is 38.6. The van der Waals surface area contributed by atoms with Crippen molar-refractivity contribution in [1.29, 1.82) is 0 Å². The number of thioether (sulfide) groups is 1. The lowest BCUT2D eigenvalue weighted by Crippen LogP contribution is -2.32. The standard InChI is InChI=1S/C56H86ClN9O8S3/c1-42(2)76-62-36-49(46-17-12-43(13-18-46)22-27-63-77(8)70)34-52(67)59-26-10-25-58-28-31-73-38-50-37-66(65-64-50)39-55(3,4)40-74-41-56(5,6)75-54(69)61-35-45-15-20-48(21-16-45)53(68)60-29-32-72-30-23-47-19-14-44(11-9-24-57)33-51(47)71-7/h12-21,33,37,42,49,58,62-63H,9-11,22-32,34-36,38-41H2,1-8H3,(H,59,67)(H,60,68)(H,61,69). The van der Waals surface area contributed by atoms with Gasteiger partial charge in [0.05, 0.1) is 63.9 Å². The monoisotopic (exact) mass is 1140 g/mol. The molecule has 1 aromatic heterocycles. The number of amides is 3. The fourth-order valence-electron chi connectivity index (χ4n) is 7.95. The molecule has 0 saturated carbocycles. The third-order valence-corrected chi connectivity index (χ3v) is 14.6. The number of carbonyl (C=O) groups is 3. The highest BCUT2D eigenvalue weighted by Gasteiger charge is 2.27. The van der Waals surface area contributed by atoms with Gasteiger partial charge in [0, 0.05) is 91.3 Å². The molecule has 3 aromatic carbocycles. The van der Waals surface area contributed by atoms with Gasteiger partial charge in [-0.05, 0) is 98.5 Å². The molecule has 2 atom stereocenters.